The van der Waals surface area contributed by atoms with Crippen molar-refractivity contribution in [3.05, 3.63) is 65.4 Å². The number of fused-ring (bicyclic) bond motifs is 1. The van der Waals surface area contributed by atoms with Crippen LogP contribution in [0, 0.1) is 5.82 Å². The molecule has 4 rings (SSSR count). The van der Waals surface area contributed by atoms with Crippen LogP contribution >= 0.6 is 11.3 Å². The molecule has 0 bridgehead atoms. The lowest BCUT2D eigenvalue weighted by Crippen LogP contribution is -2.31. The van der Waals surface area contributed by atoms with E-state index in [1.54, 1.807) is 46.3 Å². The van der Waals surface area contributed by atoms with Crippen molar-refractivity contribution in [2.75, 3.05) is 20.2 Å². The molecule has 0 saturated heterocycles. The summed E-state index contributed by atoms with van der Waals surface area (Å²) < 4.78 is 20.4. The van der Waals surface area contributed by atoms with Crippen LogP contribution < -0.4 is 4.74 Å². The number of aromatic nitrogens is 3. The highest BCUT2D eigenvalue weighted by Crippen LogP contribution is 2.28. The molecule has 154 valence electrons. The quantitative estimate of drug-likeness (QED) is 0.439. The van der Waals surface area contributed by atoms with E-state index in [0.717, 1.165) is 16.0 Å². The average Bonchev–Trinajstić information content (AvgIpc) is 3.43. The Kier molecular flexibility index (Phi) is 5.76. The second-order valence-corrected chi connectivity index (χ2v) is 7.71. The monoisotopic (exact) mass is 424 g/mol. The maximum atomic E-state index is 13.2. The Morgan fingerprint density at radius 3 is 2.77 bits per heavy atom. The first-order valence-corrected chi connectivity index (χ1v) is 10.5. The fourth-order valence-electron chi connectivity index (χ4n) is 3.14. The summed E-state index contributed by atoms with van der Waals surface area (Å²) in [5, 5.41) is 7.09. The summed E-state index contributed by atoms with van der Waals surface area (Å²) in [6.07, 6.45) is 1.69. The molecule has 30 heavy (non-hydrogen) atoms. The van der Waals surface area contributed by atoms with Gasteiger partial charge < -0.3 is 9.64 Å². The largest absolute Gasteiger partial charge is 0.492 e. The third-order valence-corrected chi connectivity index (χ3v) is 5.66. The number of pyridine rings is 1. The molecular formula is C22H21FN4O2S. The molecule has 0 aliphatic heterocycles. The van der Waals surface area contributed by atoms with Crippen LogP contribution in [0.2, 0.25) is 0 Å². The summed E-state index contributed by atoms with van der Waals surface area (Å²) in [4.78, 5) is 20.6. The van der Waals surface area contributed by atoms with Gasteiger partial charge in [0.1, 0.15) is 18.2 Å². The van der Waals surface area contributed by atoms with Crippen molar-refractivity contribution < 1.29 is 13.9 Å². The van der Waals surface area contributed by atoms with E-state index in [9.17, 15) is 9.18 Å². The van der Waals surface area contributed by atoms with E-state index in [1.165, 1.54) is 12.1 Å². The van der Waals surface area contributed by atoms with Gasteiger partial charge in [0.25, 0.3) is 5.91 Å². The number of carbonyl (C=O) groups excluding carboxylic acids is 1. The Bertz CT molecular complexity index is 1160. The first-order valence-electron chi connectivity index (χ1n) is 9.61. The molecule has 4 aromatic rings. The van der Waals surface area contributed by atoms with Gasteiger partial charge in [-0.05, 0) is 48.7 Å². The molecule has 8 heteroatoms. The molecule has 1 amide bonds. The summed E-state index contributed by atoms with van der Waals surface area (Å²) >= 11 is 1.58. The summed E-state index contributed by atoms with van der Waals surface area (Å²) in [6.45, 7) is 3.34. The standard InChI is InChI=1S/C22H21FN4O2S/c1-3-27-21-18(14-24-27)17(13-19(25-21)20-5-4-12-30-20)22(28)26(2)10-11-29-16-8-6-15(23)7-9-16/h4-9,12-14H,3,10-11H2,1-2H3. The molecule has 6 nitrogen and oxygen atoms in total. The molecule has 0 saturated carbocycles. The number of ether oxygens (including phenoxy) is 1. The highest BCUT2D eigenvalue weighted by atomic mass is 32.1. The molecule has 1 aromatic carbocycles. The number of hydrogen-bond donors (Lipinski definition) is 0. The molecule has 3 heterocycles. The van der Waals surface area contributed by atoms with Crippen LogP contribution in [-0.2, 0) is 6.54 Å². The molecule has 0 atom stereocenters. The van der Waals surface area contributed by atoms with Gasteiger partial charge in [-0.15, -0.1) is 11.3 Å². The zero-order valence-electron chi connectivity index (χ0n) is 16.7. The topological polar surface area (TPSA) is 60.2 Å². The van der Waals surface area contributed by atoms with Crippen molar-refractivity contribution in [1.82, 2.24) is 19.7 Å². The van der Waals surface area contributed by atoms with Gasteiger partial charge in [0.05, 0.1) is 34.3 Å². The van der Waals surface area contributed by atoms with Crippen molar-refractivity contribution in [3.8, 4) is 16.3 Å². The Hall–Kier alpha value is -3.26. The zero-order chi connectivity index (χ0) is 21.1. The van der Waals surface area contributed by atoms with Crippen molar-refractivity contribution >= 4 is 28.3 Å². The van der Waals surface area contributed by atoms with Crippen LogP contribution in [-0.4, -0.2) is 45.8 Å². The maximum absolute atomic E-state index is 13.2. The summed E-state index contributed by atoms with van der Waals surface area (Å²) in [7, 11) is 1.73. The average molecular weight is 425 g/mol. The summed E-state index contributed by atoms with van der Waals surface area (Å²) in [5.74, 6) is 0.122. The van der Waals surface area contributed by atoms with Crippen molar-refractivity contribution in [2.45, 2.75) is 13.5 Å². The van der Waals surface area contributed by atoms with E-state index in [4.69, 9.17) is 9.72 Å². The van der Waals surface area contributed by atoms with Crippen LogP contribution in [0.5, 0.6) is 5.75 Å². The number of rotatable bonds is 7. The fraction of sp³-hybridized carbons (Fsp3) is 0.227. The first-order chi connectivity index (χ1) is 14.6. The van der Waals surface area contributed by atoms with Gasteiger partial charge in [-0.25, -0.2) is 14.1 Å². The Morgan fingerprint density at radius 2 is 2.07 bits per heavy atom. The zero-order valence-corrected chi connectivity index (χ0v) is 17.5. The lowest BCUT2D eigenvalue weighted by molar-refractivity contribution is 0.0775. The van der Waals surface area contributed by atoms with E-state index >= 15 is 0 Å². The van der Waals surface area contributed by atoms with Crippen molar-refractivity contribution in [1.29, 1.82) is 0 Å². The fourth-order valence-corrected chi connectivity index (χ4v) is 3.83. The molecule has 0 fully saturated rings. The number of thiophene rings is 1. The van der Waals surface area contributed by atoms with E-state index < -0.39 is 0 Å². The third kappa shape index (κ3) is 4.04. The van der Waals surface area contributed by atoms with E-state index in [-0.39, 0.29) is 11.7 Å². The van der Waals surface area contributed by atoms with Crippen LogP contribution in [0.25, 0.3) is 21.6 Å². The third-order valence-electron chi connectivity index (χ3n) is 4.77. The minimum atomic E-state index is -0.314. The number of benzene rings is 1. The Balaban J connectivity index is 1.57. The van der Waals surface area contributed by atoms with Gasteiger partial charge in [0.2, 0.25) is 0 Å². The molecular weight excluding hydrogens is 403 g/mol. The second kappa shape index (κ2) is 8.62. The SMILES string of the molecule is CCn1ncc2c(C(=O)N(C)CCOc3ccc(F)cc3)cc(-c3cccs3)nc21. The number of nitrogens with zero attached hydrogens (tertiary/aromatic N) is 4. The van der Waals surface area contributed by atoms with Crippen LogP contribution in [0.15, 0.2) is 54.0 Å². The predicted molar refractivity (Wildman–Crippen MR) is 115 cm³/mol. The highest BCUT2D eigenvalue weighted by molar-refractivity contribution is 7.13. The minimum absolute atomic E-state index is 0.126. The number of amides is 1. The van der Waals surface area contributed by atoms with E-state index in [2.05, 4.69) is 5.10 Å². The number of likely N-dealkylation sites (N-methyl/N-ethyl adjacent to an activating group) is 1. The molecule has 0 aliphatic rings. The maximum Gasteiger partial charge on any atom is 0.254 e. The van der Waals surface area contributed by atoms with Gasteiger partial charge in [0, 0.05) is 13.6 Å². The minimum Gasteiger partial charge on any atom is -0.492 e. The number of hydrogen-bond acceptors (Lipinski definition) is 5. The smallest absolute Gasteiger partial charge is 0.254 e. The van der Waals surface area contributed by atoms with Crippen LogP contribution in [0.3, 0.4) is 0 Å². The Morgan fingerprint density at radius 1 is 1.27 bits per heavy atom. The number of carbonyl (C=O) groups is 1. The lowest BCUT2D eigenvalue weighted by atomic mass is 10.1. The van der Waals surface area contributed by atoms with Gasteiger partial charge in [0.15, 0.2) is 5.65 Å². The van der Waals surface area contributed by atoms with Crippen LogP contribution in [0.1, 0.15) is 17.3 Å². The van der Waals surface area contributed by atoms with Gasteiger partial charge in [-0.1, -0.05) is 6.07 Å². The van der Waals surface area contributed by atoms with Crippen molar-refractivity contribution in [3.63, 3.8) is 0 Å². The molecule has 0 spiro atoms. The normalized spacial score (nSPS) is 11.0. The molecule has 0 N–H and O–H groups in total. The number of halogens is 1. The van der Waals surface area contributed by atoms with E-state index in [1.807, 2.05) is 30.5 Å². The van der Waals surface area contributed by atoms with Gasteiger partial charge in [-0.3, -0.25) is 4.79 Å². The van der Waals surface area contributed by atoms with E-state index in [0.29, 0.717) is 36.7 Å². The predicted octanol–water partition coefficient (Wildman–Crippen LogP) is 4.47. The molecule has 0 unspecified atom stereocenters. The van der Waals surface area contributed by atoms with Gasteiger partial charge in [-0.2, -0.15) is 5.10 Å². The van der Waals surface area contributed by atoms with Crippen molar-refractivity contribution in [2.24, 2.45) is 0 Å². The number of aryl methyl sites for hydroxylation is 1. The highest BCUT2D eigenvalue weighted by Gasteiger charge is 2.20. The lowest BCUT2D eigenvalue weighted by Gasteiger charge is -2.18. The van der Waals surface area contributed by atoms with Gasteiger partial charge >= 0.3 is 0 Å². The second-order valence-electron chi connectivity index (χ2n) is 6.76. The molecule has 3 aromatic heterocycles. The Labute approximate surface area is 177 Å². The van der Waals surface area contributed by atoms with Crippen LogP contribution in [0.4, 0.5) is 4.39 Å². The summed E-state index contributed by atoms with van der Waals surface area (Å²) in [6, 6.07) is 11.6. The first kappa shape index (κ1) is 20.0. The molecule has 0 radical (unpaired) electrons. The summed E-state index contributed by atoms with van der Waals surface area (Å²) in [5.41, 5.74) is 2.02. The molecule has 0 aliphatic carbocycles.